The van der Waals surface area contributed by atoms with E-state index in [0.717, 1.165) is 6.42 Å². The van der Waals surface area contributed by atoms with Crippen molar-refractivity contribution in [3.63, 3.8) is 0 Å². The summed E-state index contributed by atoms with van der Waals surface area (Å²) < 4.78 is 0. The van der Waals surface area contributed by atoms with E-state index in [4.69, 9.17) is 0 Å². The molecule has 0 aromatic carbocycles. The van der Waals surface area contributed by atoms with Crippen LogP contribution < -0.4 is 10.6 Å². The van der Waals surface area contributed by atoms with Gasteiger partial charge in [0.2, 0.25) is 11.8 Å². The molecule has 0 saturated heterocycles. The zero-order valence-corrected chi connectivity index (χ0v) is 13.5. The lowest BCUT2D eigenvalue weighted by Crippen LogP contribution is -2.48. The first-order valence-corrected chi connectivity index (χ1v) is 7.08. The predicted molar refractivity (Wildman–Crippen MR) is 78.7 cm³/mol. The molecule has 0 rings (SSSR count). The third-order valence-electron chi connectivity index (χ3n) is 2.95. The first-order valence-electron chi connectivity index (χ1n) is 7.08. The Morgan fingerprint density at radius 3 is 1.95 bits per heavy atom. The van der Waals surface area contributed by atoms with E-state index in [0.29, 0.717) is 12.3 Å². The first-order chi connectivity index (χ1) is 8.56. The SMILES string of the molecule is CNC(=O)[C@H](CC(C)C)NC(=O)[C@@H](C)CC(C)(C)C. The summed E-state index contributed by atoms with van der Waals surface area (Å²) in [6.45, 7) is 12.3. The molecule has 0 aromatic heterocycles. The standard InChI is InChI=1S/C15H30N2O2/c1-10(2)8-12(14(19)16-7)17-13(18)11(3)9-15(4,5)6/h10-12H,8-9H2,1-7H3,(H,16,19)(H,17,18)/t11-,12-/m0/s1. The van der Waals surface area contributed by atoms with E-state index in [1.807, 2.05) is 20.8 Å². The topological polar surface area (TPSA) is 58.2 Å². The number of rotatable bonds is 6. The molecule has 4 nitrogen and oxygen atoms in total. The largest absolute Gasteiger partial charge is 0.357 e. The third-order valence-corrected chi connectivity index (χ3v) is 2.95. The summed E-state index contributed by atoms with van der Waals surface area (Å²) in [4.78, 5) is 23.9. The van der Waals surface area contributed by atoms with Gasteiger partial charge in [0.15, 0.2) is 0 Å². The van der Waals surface area contributed by atoms with Crippen LogP contribution in [0.2, 0.25) is 0 Å². The summed E-state index contributed by atoms with van der Waals surface area (Å²) in [6, 6.07) is -0.431. The van der Waals surface area contributed by atoms with Gasteiger partial charge in [0.05, 0.1) is 0 Å². The second kappa shape index (κ2) is 7.51. The van der Waals surface area contributed by atoms with Crippen molar-refractivity contribution in [2.75, 3.05) is 7.05 Å². The van der Waals surface area contributed by atoms with Crippen molar-refractivity contribution in [2.45, 2.75) is 60.4 Å². The van der Waals surface area contributed by atoms with Gasteiger partial charge in [0, 0.05) is 13.0 Å². The number of nitrogens with one attached hydrogen (secondary N) is 2. The molecular formula is C15H30N2O2. The first kappa shape index (κ1) is 17.9. The van der Waals surface area contributed by atoms with Crippen LogP contribution in [0.25, 0.3) is 0 Å². The third kappa shape index (κ3) is 7.85. The fourth-order valence-corrected chi connectivity index (χ4v) is 2.20. The molecule has 0 aliphatic carbocycles. The van der Waals surface area contributed by atoms with Gasteiger partial charge in [-0.3, -0.25) is 9.59 Å². The Morgan fingerprint density at radius 2 is 1.58 bits per heavy atom. The number of hydrogen-bond donors (Lipinski definition) is 2. The van der Waals surface area contributed by atoms with Gasteiger partial charge < -0.3 is 10.6 Å². The minimum Gasteiger partial charge on any atom is -0.357 e. The molecule has 0 unspecified atom stereocenters. The van der Waals surface area contributed by atoms with E-state index in [2.05, 4.69) is 31.4 Å². The molecular weight excluding hydrogens is 240 g/mol. The van der Waals surface area contributed by atoms with Gasteiger partial charge in [-0.2, -0.15) is 0 Å². The minimum absolute atomic E-state index is 0.0378. The lowest BCUT2D eigenvalue weighted by Gasteiger charge is -2.25. The smallest absolute Gasteiger partial charge is 0.242 e. The minimum atomic E-state index is -0.431. The van der Waals surface area contributed by atoms with Crippen molar-refractivity contribution in [1.82, 2.24) is 10.6 Å². The lowest BCUT2D eigenvalue weighted by atomic mass is 9.85. The zero-order valence-electron chi connectivity index (χ0n) is 13.5. The van der Waals surface area contributed by atoms with Crippen LogP contribution in [-0.4, -0.2) is 24.9 Å². The molecule has 0 aliphatic heterocycles. The monoisotopic (exact) mass is 270 g/mol. The average Bonchev–Trinajstić information content (AvgIpc) is 2.23. The molecule has 0 heterocycles. The average molecular weight is 270 g/mol. The molecule has 0 aromatic rings. The van der Waals surface area contributed by atoms with Crippen molar-refractivity contribution < 1.29 is 9.59 Å². The highest BCUT2D eigenvalue weighted by Crippen LogP contribution is 2.24. The summed E-state index contributed by atoms with van der Waals surface area (Å²) in [5, 5.41) is 5.48. The number of carbonyl (C=O) groups excluding carboxylic acids is 2. The van der Waals surface area contributed by atoms with E-state index in [-0.39, 0.29) is 23.1 Å². The number of carbonyl (C=O) groups is 2. The highest BCUT2D eigenvalue weighted by Gasteiger charge is 2.25. The Kier molecular flexibility index (Phi) is 7.09. The van der Waals surface area contributed by atoms with E-state index in [1.54, 1.807) is 7.05 Å². The molecule has 19 heavy (non-hydrogen) atoms. The normalized spacial score (nSPS) is 14.9. The van der Waals surface area contributed by atoms with E-state index >= 15 is 0 Å². The van der Waals surface area contributed by atoms with Crippen LogP contribution in [0.1, 0.15) is 54.4 Å². The van der Waals surface area contributed by atoms with Crippen molar-refractivity contribution in [1.29, 1.82) is 0 Å². The fourth-order valence-electron chi connectivity index (χ4n) is 2.20. The summed E-state index contributed by atoms with van der Waals surface area (Å²) in [7, 11) is 1.60. The molecule has 0 fully saturated rings. The Balaban J connectivity index is 4.58. The highest BCUT2D eigenvalue weighted by atomic mass is 16.2. The van der Waals surface area contributed by atoms with Crippen molar-refractivity contribution in [2.24, 2.45) is 17.3 Å². The molecule has 112 valence electrons. The molecule has 0 radical (unpaired) electrons. The van der Waals surface area contributed by atoms with Crippen LogP contribution in [0.15, 0.2) is 0 Å². The maximum atomic E-state index is 12.1. The second-order valence-electron chi connectivity index (χ2n) is 6.97. The van der Waals surface area contributed by atoms with Crippen molar-refractivity contribution in [3.05, 3.63) is 0 Å². The van der Waals surface area contributed by atoms with Crippen molar-refractivity contribution in [3.8, 4) is 0 Å². The molecule has 2 atom stereocenters. The summed E-state index contributed by atoms with van der Waals surface area (Å²) in [5.74, 6) is 0.119. The molecule has 0 bridgehead atoms. The van der Waals surface area contributed by atoms with E-state index < -0.39 is 6.04 Å². The molecule has 2 N–H and O–H groups in total. The van der Waals surface area contributed by atoms with E-state index in [1.165, 1.54) is 0 Å². The Morgan fingerprint density at radius 1 is 1.05 bits per heavy atom. The van der Waals surface area contributed by atoms with Crippen molar-refractivity contribution >= 4 is 11.8 Å². The molecule has 0 spiro atoms. The molecule has 2 amide bonds. The van der Waals surface area contributed by atoms with Crippen LogP contribution in [0.3, 0.4) is 0 Å². The van der Waals surface area contributed by atoms with Gasteiger partial charge in [-0.25, -0.2) is 0 Å². The maximum Gasteiger partial charge on any atom is 0.242 e. The maximum absolute atomic E-state index is 12.1. The van der Waals surface area contributed by atoms with Crippen LogP contribution in [0.5, 0.6) is 0 Å². The zero-order chi connectivity index (χ0) is 15.2. The van der Waals surface area contributed by atoms with Gasteiger partial charge >= 0.3 is 0 Å². The number of likely N-dealkylation sites (N-methyl/N-ethyl adjacent to an activating group) is 1. The summed E-state index contributed by atoms with van der Waals surface area (Å²) in [5.41, 5.74) is 0.108. The quantitative estimate of drug-likeness (QED) is 0.778. The molecule has 0 saturated carbocycles. The predicted octanol–water partition coefficient (Wildman–Crippen LogP) is 2.34. The van der Waals surface area contributed by atoms with Crippen LogP contribution in [0.4, 0.5) is 0 Å². The highest BCUT2D eigenvalue weighted by molar-refractivity contribution is 5.88. The summed E-state index contributed by atoms with van der Waals surface area (Å²) >= 11 is 0. The second-order valence-corrected chi connectivity index (χ2v) is 6.97. The Hall–Kier alpha value is -1.06. The van der Waals surface area contributed by atoms with Gasteiger partial charge in [-0.15, -0.1) is 0 Å². The van der Waals surface area contributed by atoms with Crippen LogP contribution in [0, 0.1) is 17.3 Å². The Bertz CT molecular complexity index is 306. The van der Waals surface area contributed by atoms with Gasteiger partial charge in [0.25, 0.3) is 0 Å². The molecule has 0 aliphatic rings. The van der Waals surface area contributed by atoms with Gasteiger partial charge in [0.1, 0.15) is 6.04 Å². The number of amides is 2. The number of hydrogen-bond acceptors (Lipinski definition) is 2. The van der Waals surface area contributed by atoms with Gasteiger partial charge in [-0.1, -0.05) is 41.5 Å². The lowest BCUT2D eigenvalue weighted by molar-refractivity contribution is -0.131. The summed E-state index contributed by atoms with van der Waals surface area (Å²) in [6.07, 6.45) is 1.47. The fraction of sp³-hybridized carbons (Fsp3) is 0.867. The van der Waals surface area contributed by atoms with E-state index in [9.17, 15) is 9.59 Å². The Labute approximate surface area is 117 Å². The molecule has 4 heteroatoms. The van der Waals surface area contributed by atoms with Gasteiger partial charge in [-0.05, 0) is 24.2 Å². The van der Waals surface area contributed by atoms with Crippen LogP contribution >= 0.6 is 0 Å². The van der Waals surface area contributed by atoms with Crippen LogP contribution in [-0.2, 0) is 9.59 Å².